The van der Waals surface area contributed by atoms with Crippen molar-refractivity contribution in [2.24, 2.45) is 0 Å². The lowest BCUT2D eigenvalue weighted by atomic mass is 9.86. The van der Waals surface area contributed by atoms with E-state index in [1.807, 2.05) is 29.2 Å². The summed E-state index contributed by atoms with van der Waals surface area (Å²) in [6.07, 6.45) is -0.724. The summed E-state index contributed by atoms with van der Waals surface area (Å²) in [6, 6.07) is 12.9. The van der Waals surface area contributed by atoms with Gasteiger partial charge in [-0.2, -0.15) is 4.31 Å². The lowest BCUT2D eigenvalue weighted by Crippen LogP contribution is -2.50. The summed E-state index contributed by atoms with van der Waals surface area (Å²) >= 11 is 0. The van der Waals surface area contributed by atoms with Gasteiger partial charge >= 0.3 is 0 Å². The minimum absolute atomic E-state index is 0.0808. The van der Waals surface area contributed by atoms with Crippen molar-refractivity contribution in [3.05, 3.63) is 64.2 Å². The van der Waals surface area contributed by atoms with Crippen molar-refractivity contribution >= 4 is 15.7 Å². The van der Waals surface area contributed by atoms with E-state index >= 15 is 0 Å². The zero-order valence-corrected chi connectivity index (χ0v) is 20.0. The monoisotopic (exact) mass is 477 g/mol. The number of nitro benzene ring substituents is 1. The molecule has 10 heteroatoms. The molecule has 0 amide bonds. The number of aliphatic hydroxyl groups is 1. The van der Waals surface area contributed by atoms with Gasteiger partial charge in [0.15, 0.2) is 0 Å². The van der Waals surface area contributed by atoms with Crippen molar-refractivity contribution in [3.63, 3.8) is 0 Å². The Hall–Kier alpha value is -2.53. The Kier molecular flexibility index (Phi) is 7.73. The van der Waals surface area contributed by atoms with Crippen molar-refractivity contribution in [1.82, 2.24) is 9.21 Å². The maximum Gasteiger partial charge on any atom is 0.270 e. The average Bonchev–Trinajstić information content (AvgIpc) is 2.77. The number of nitrogens with zero attached hydrogens (tertiary/aromatic N) is 3. The molecule has 1 unspecified atom stereocenters. The van der Waals surface area contributed by atoms with Crippen LogP contribution in [0.5, 0.6) is 5.75 Å². The zero-order chi connectivity index (χ0) is 24.2. The van der Waals surface area contributed by atoms with E-state index in [0.717, 1.165) is 17.4 Å². The second kappa shape index (κ2) is 10.2. The Balaban J connectivity index is 1.53. The number of rotatable bonds is 8. The summed E-state index contributed by atoms with van der Waals surface area (Å²) in [5.41, 5.74) is 0.728. The number of β-amino-alcohol motifs (C(OH)–C–C–N with tert-alkyl or cyclic N) is 1. The third-order valence-corrected chi connectivity index (χ3v) is 7.49. The molecule has 0 bridgehead atoms. The van der Waals surface area contributed by atoms with Crippen LogP contribution < -0.4 is 4.74 Å². The molecule has 2 aromatic carbocycles. The fraction of sp³-hybridized carbons (Fsp3) is 0.478. The van der Waals surface area contributed by atoms with Gasteiger partial charge in [-0.05, 0) is 23.1 Å². The molecule has 1 fully saturated rings. The van der Waals surface area contributed by atoms with Gasteiger partial charge in [-0.3, -0.25) is 15.0 Å². The summed E-state index contributed by atoms with van der Waals surface area (Å²) in [4.78, 5) is 12.3. The third kappa shape index (κ3) is 6.29. The number of piperazine rings is 1. The summed E-state index contributed by atoms with van der Waals surface area (Å²) in [5, 5.41) is 21.5. The second-order valence-electron chi connectivity index (χ2n) is 9.17. The highest BCUT2D eigenvalue weighted by Crippen LogP contribution is 2.31. The van der Waals surface area contributed by atoms with Gasteiger partial charge in [0.1, 0.15) is 18.5 Å². The van der Waals surface area contributed by atoms with Crippen LogP contribution in [0.2, 0.25) is 0 Å². The quantitative estimate of drug-likeness (QED) is 0.459. The molecule has 0 spiro atoms. The van der Waals surface area contributed by atoms with E-state index in [1.165, 1.54) is 22.5 Å². The van der Waals surface area contributed by atoms with Gasteiger partial charge in [0.25, 0.3) is 5.69 Å². The maximum absolute atomic E-state index is 12.9. The lowest BCUT2D eigenvalue weighted by molar-refractivity contribution is -0.385. The lowest BCUT2D eigenvalue weighted by Gasteiger charge is -2.34. The molecule has 1 N–H and O–H groups in total. The van der Waals surface area contributed by atoms with E-state index in [2.05, 4.69) is 20.8 Å². The van der Waals surface area contributed by atoms with Crippen LogP contribution in [0.3, 0.4) is 0 Å². The first-order chi connectivity index (χ1) is 15.5. The van der Waals surface area contributed by atoms with Gasteiger partial charge in [-0.1, -0.05) is 45.0 Å². The first kappa shape index (κ1) is 25.1. The molecule has 33 heavy (non-hydrogen) atoms. The third-order valence-electron chi connectivity index (χ3n) is 5.59. The Morgan fingerprint density at radius 3 is 2.39 bits per heavy atom. The van der Waals surface area contributed by atoms with E-state index in [-0.39, 0.29) is 35.7 Å². The van der Waals surface area contributed by atoms with Gasteiger partial charge in [0, 0.05) is 44.9 Å². The molecule has 3 rings (SSSR count). The molecule has 1 heterocycles. The highest BCUT2D eigenvalue weighted by Gasteiger charge is 2.30. The fourth-order valence-electron chi connectivity index (χ4n) is 3.81. The second-order valence-corrected chi connectivity index (χ2v) is 11.1. The number of para-hydroxylation sites is 1. The Bertz CT molecular complexity index is 1080. The maximum atomic E-state index is 12.9. The van der Waals surface area contributed by atoms with Gasteiger partial charge in [0.05, 0.1) is 9.82 Å². The normalized spacial score (nSPS) is 17.0. The van der Waals surface area contributed by atoms with Crippen molar-refractivity contribution in [3.8, 4) is 5.75 Å². The van der Waals surface area contributed by atoms with Crippen molar-refractivity contribution < 1.29 is 23.2 Å². The number of aliphatic hydroxyl groups excluding tert-OH is 1. The molecule has 2 aromatic rings. The number of hydrogen-bond donors (Lipinski definition) is 1. The summed E-state index contributed by atoms with van der Waals surface area (Å²) in [7, 11) is -3.82. The summed E-state index contributed by atoms with van der Waals surface area (Å²) < 4.78 is 33.0. The minimum Gasteiger partial charge on any atom is -0.491 e. The SMILES string of the molecule is CC(C)(C)c1ccccc1OCC(O)CN1CCN(S(=O)(=O)c2cccc([N+](=O)[O-])c2)CC1. The van der Waals surface area contributed by atoms with Crippen LogP contribution >= 0.6 is 0 Å². The first-order valence-electron chi connectivity index (χ1n) is 10.9. The number of nitro groups is 1. The largest absolute Gasteiger partial charge is 0.491 e. The van der Waals surface area contributed by atoms with Gasteiger partial charge in [-0.15, -0.1) is 0 Å². The van der Waals surface area contributed by atoms with Crippen molar-refractivity contribution in [1.29, 1.82) is 0 Å². The number of hydrogen-bond acceptors (Lipinski definition) is 7. The standard InChI is InChI=1S/C23H31N3O6S/c1-23(2,3)21-9-4-5-10-22(21)32-17-19(27)16-24-11-13-25(14-12-24)33(30,31)20-8-6-7-18(15-20)26(28)29/h4-10,15,19,27H,11-14,16-17H2,1-3H3. The van der Waals surface area contributed by atoms with Gasteiger partial charge in [-0.25, -0.2) is 8.42 Å². The number of ether oxygens (including phenoxy) is 1. The van der Waals surface area contributed by atoms with Crippen LogP contribution in [-0.2, 0) is 15.4 Å². The topological polar surface area (TPSA) is 113 Å². The number of non-ortho nitro benzene ring substituents is 1. The Labute approximate surface area is 194 Å². The van der Waals surface area contributed by atoms with Crippen LogP contribution in [0.1, 0.15) is 26.3 Å². The molecule has 0 aromatic heterocycles. The summed E-state index contributed by atoms with van der Waals surface area (Å²) in [5.74, 6) is 0.747. The number of sulfonamides is 1. The minimum atomic E-state index is -3.82. The molecule has 0 saturated carbocycles. The molecule has 0 aliphatic carbocycles. The highest BCUT2D eigenvalue weighted by atomic mass is 32.2. The molecule has 1 saturated heterocycles. The van der Waals surface area contributed by atoms with Crippen LogP contribution in [0.15, 0.2) is 53.4 Å². The van der Waals surface area contributed by atoms with Crippen LogP contribution in [-0.4, -0.2) is 73.1 Å². The predicted molar refractivity (Wildman–Crippen MR) is 125 cm³/mol. The zero-order valence-electron chi connectivity index (χ0n) is 19.2. The van der Waals surface area contributed by atoms with E-state index < -0.39 is 21.1 Å². The van der Waals surface area contributed by atoms with E-state index in [4.69, 9.17) is 4.74 Å². The van der Waals surface area contributed by atoms with Crippen molar-refractivity contribution in [2.45, 2.75) is 37.2 Å². The van der Waals surface area contributed by atoms with Crippen molar-refractivity contribution in [2.75, 3.05) is 39.3 Å². The molecule has 1 aliphatic heterocycles. The van der Waals surface area contributed by atoms with Crippen LogP contribution in [0.25, 0.3) is 0 Å². The van der Waals surface area contributed by atoms with Gasteiger partial charge in [0.2, 0.25) is 10.0 Å². The molecular weight excluding hydrogens is 446 g/mol. The van der Waals surface area contributed by atoms with E-state index in [9.17, 15) is 23.6 Å². The van der Waals surface area contributed by atoms with E-state index in [0.29, 0.717) is 19.6 Å². The molecule has 9 nitrogen and oxygen atoms in total. The van der Waals surface area contributed by atoms with Gasteiger partial charge < -0.3 is 9.84 Å². The molecule has 0 radical (unpaired) electrons. The highest BCUT2D eigenvalue weighted by molar-refractivity contribution is 7.89. The Morgan fingerprint density at radius 2 is 1.76 bits per heavy atom. The summed E-state index contributed by atoms with van der Waals surface area (Å²) in [6.45, 7) is 8.19. The molecule has 1 atom stereocenters. The predicted octanol–water partition coefficient (Wildman–Crippen LogP) is 2.64. The number of benzene rings is 2. The van der Waals surface area contributed by atoms with Crippen LogP contribution in [0, 0.1) is 10.1 Å². The Morgan fingerprint density at radius 1 is 1.09 bits per heavy atom. The molecule has 180 valence electrons. The van der Waals surface area contributed by atoms with Crippen LogP contribution in [0.4, 0.5) is 5.69 Å². The first-order valence-corrected chi connectivity index (χ1v) is 12.3. The molecular formula is C23H31N3O6S. The van der Waals surface area contributed by atoms with E-state index in [1.54, 1.807) is 0 Å². The smallest absolute Gasteiger partial charge is 0.270 e. The fourth-order valence-corrected chi connectivity index (χ4v) is 5.27. The molecule has 1 aliphatic rings. The average molecular weight is 478 g/mol.